The predicted octanol–water partition coefficient (Wildman–Crippen LogP) is 5.36. The van der Waals surface area contributed by atoms with Crippen molar-refractivity contribution in [2.24, 2.45) is 0 Å². The van der Waals surface area contributed by atoms with E-state index in [2.05, 4.69) is 0 Å². The fraction of sp³-hybridized carbons (Fsp3) is 0. The van der Waals surface area contributed by atoms with Crippen molar-refractivity contribution in [1.29, 1.82) is 0 Å². The molecule has 36 heavy (non-hydrogen) atoms. The fourth-order valence-corrected chi connectivity index (χ4v) is 3.95. The lowest BCUT2D eigenvalue weighted by atomic mass is 10.0. The minimum atomic E-state index is -0.493. The second kappa shape index (κ2) is 9.23. The molecule has 7 nitrogen and oxygen atoms in total. The summed E-state index contributed by atoms with van der Waals surface area (Å²) in [4.78, 5) is 40.9. The minimum Gasteiger partial charge on any atom is -0.508 e. The lowest BCUT2D eigenvalue weighted by Crippen LogP contribution is -2.37. The van der Waals surface area contributed by atoms with Crippen molar-refractivity contribution in [3.05, 3.63) is 125 Å². The molecule has 1 heterocycles. The summed E-state index contributed by atoms with van der Waals surface area (Å²) >= 11 is 0. The van der Waals surface area contributed by atoms with Crippen LogP contribution in [0.3, 0.4) is 0 Å². The summed E-state index contributed by atoms with van der Waals surface area (Å²) in [6.07, 6.45) is 1.24. The number of nitrogens with zero attached hydrogens (tertiary/aromatic N) is 1. The monoisotopic (exact) mass is 477 g/mol. The number of hydrogen-bond donors (Lipinski definition) is 2. The van der Waals surface area contributed by atoms with Gasteiger partial charge in [0, 0.05) is 23.3 Å². The van der Waals surface area contributed by atoms with Crippen LogP contribution in [0.5, 0.6) is 11.5 Å². The highest BCUT2D eigenvalue weighted by Crippen LogP contribution is 2.30. The Morgan fingerprint density at radius 2 is 1.28 bits per heavy atom. The normalized spacial score (nSPS) is 10.8. The van der Waals surface area contributed by atoms with Crippen LogP contribution >= 0.6 is 0 Å². The molecule has 0 bridgehead atoms. The van der Waals surface area contributed by atoms with Gasteiger partial charge in [-0.1, -0.05) is 48.5 Å². The Bertz CT molecular complexity index is 1590. The molecule has 2 N–H and O–H groups in total. The van der Waals surface area contributed by atoms with E-state index in [4.69, 9.17) is 4.42 Å². The quantitative estimate of drug-likeness (QED) is 0.338. The smallest absolute Gasteiger partial charge is 0.265 e. The number of benzene rings is 4. The highest BCUT2D eigenvalue weighted by molar-refractivity contribution is 6.25. The van der Waals surface area contributed by atoms with Gasteiger partial charge in [-0.25, -0.2) is 4.90 Å². The third-order valence-electron chi connectivity index (χ3n) is 5.73. The topological polar surface area (TPSA) is 108 Å². The van der Waals surface area contributed by atoms with Gasteiger partial charge in [-0.2, -0.15) is 0 Å². The molecular formula is C29H19NO6. The molecular weight excluding hydrogens is 458 g/mol. The Labute approximate surface area is 205 Å². The first-order valence-electron chi connectivity index (χ1n) is 11.0. The summed E-state index contributed by atoms with van der Waals surface area (Å²) in [7, 11) is 0. The SMILES string of the molecule is O=C(c1ccccc1)N(C(=O)c1ccccc1)c1ccc(-c2coc3cc(O)cc(O)c3c2=O)cc1. The number of aromatic hydroxyl groups is 2. The van der Waals surface area contributed by atoms with Crippen molar-refractivity contribution in [2.75, 3.05) is 4.90 Å². The van der Waals surface area contributed by atoms with E-state index in [1.165, 1.54) is 12.3 Å². The third-order valence-corrected chi connectivity index (χ3v) is 5.73. The van der Waals surface area contributed by atoms with Gasteiger partial charge in [-0.3, -0.25) is 14.4 Å². The molecule has 0 saturated carbocycles. The summed E-state index contributed by atoms with van der Waals surface area (Å²) in [6, 6.07) is 25.6. The van der Waals surface area contributed by atoms with Crippen molar-refractivity contribution in [3.63, 3.8) is 0 Å². The molecule has 0 unspecified atom stereocenters. The highest BCUT2D eigenvalue weighted by atomic mass is 16.3. The number of carbonyl (C=O) groups excluding carboxylic acids is 2. The Balaban J connectivity index is 1.57. The first kappa shape index (κ1) is 22.6. The fourth-order valence-electron chi connectivity index (χ4n) is 3.95. The number of fused-ring (bicyclic) bond motifs is 1. The van der Waals surface area contributed by atoms with Gasteiger partial charge < -0.3 is 14.6 Å². The Morgan fingerprint density at radius 1 is 0.722 bits per heavy atom. The molecule has 0 atom stereocenters. The standard InChI is InChI=1S/C29H19NO6/c31-22-15-24(32)26-25(16-22)36-17-23(27(26)33)18-11-13-21(14-12-18)30(28(34)19-7-3-1-4-8-19)29(35)20-9-5-2-6-10-20/h1-17,31-32H. The first-order chi connectivity index (χ1) is 17.4. The third kappa shape index (κ3) is 4.10. The maximum absolute atomic E-state index is 13.4. The number of phenolic OH excluding ortho intramolecular Hbond substituents is 2. The Kier molecular flexibility index (Phi) is 5.80. The average molecular weight is 477 g/mol. The van der Waals surface area contributed by atoms with Crippen LogP contribution in [0.2, 0.25) is 0 Å². The maximum Gasteiger partial charge on any atom is 0.265 e. The molecule has 0 aliphatic rings. The number of phenols is 2. The molecule has 0 fully saturated rings. The zero-order valence-electron chi connectivity index (χ0n) is 18.8. The summed E-state index contributed by atoms with van der Waals surface area (Å²) < 4.78 is 5.47. The number of amides is 2. The second-order valence-electron chi connectivity index (χ2n) is 8.04. The van der Waals surface area contributed by atoms with Crippen molar-refractivity contribution >= 4 is 28.5 Å². The van der Waals surface area contributed by atoms with Crippen molar-refractivity contribution < 1.29 is 24.2 Å². The van der Waals surface area contributed by atoms with E-state index in [0.29, 0.717) is 22.4 Å². The molecule has 0 saturated heterocycles. The van der Waals surface area contributed by atoms with Gasteiger partial charge in [-0.15, -0.1) is 0 Å². The molecule has 0 spiro atoms. The molecule has 7 heteroatoms. The molecule has 5 aromatic rings. The van der Waals surface area contributed by atoms with Gasteiger partial charge in [0.2, 0.25) is 5.43 Å². The van der Waals surface area contributed by atoms with E-state index in [0.717, 1.165) is 11.0 Å². The lowest BCUT2D eigenvalue weighted by molar-refractivity contribution is 0.0897. The molecule has 0 aliphatic carbocycles. The van der Waals surface area contributed by atoms with E-state index in [9.17, 15) is 24.6 Å². The lowest BCUT2D eigenvalue weighted by Gasteiger charge is -2.21. The molecule has 1 aromatic heterocycles. The van der Waals surface area contributed by atoms with Crippen LogP contribution in [-0.4, -0.2) is 22.0 Å². The zero-order chi connectivity index (χ0) is 25.2. The average Bonchev–Trinajstić information content (AvgIpc) is 2.90. The van der Waals surface area contributed by atoms with E-state index < -0.39 is 23.0 Å². The van der Waals surface area contributed by atoms with Crippen LogP contribution in [-0.2, 0) is 0 Å². The van der Waals surface area contributed by atoms with Gasteiger partial charge in [-0.05, 0) is 42.0 Å². The zero-order valence-corrected chi connectivity index (χ0v) is 18.8. The van der Waals surface area contributed by atoms with Crippen LogP contribution in [0.15, 0.2) is 113 Å². The summed E-state index contributed by atoms with van der Waals surface area (Å²) in [5.41, 5.74) is 1.20. The highest BCUT2D eigenvalue weighted by Gasteiger charge is 2.26. The predicted molar refractivity (Wildman–Crippen MR) is 135 cm³/mol. The van der Waals surface area contributed by atoms with Crippen LogP contribution in [0.25, 0.3) is 22.1 Å². The largest absolute Gasteiger partial charge is 0.508 e. The number of carbonyl (C=O) groups is 2. The molecule has 0 aliphatic heterocycles. The molecule has 0 radical (unpaired) electrons. The van der Waals surface area contributed by atoms with Crippen molar-refractivity contribution in [3.8, 4) is 22.6 Å². The number of hydrogen-bond acceptors (Lipinski definition) is 6. The molecule has 176 valence electrons. The Morgan fingerprint density at radius 3 is 1.83 bits per heavy atom. The second-order valence-corrected chi connectivity index (χ2v) is 8.04. The van der Waals surface area contributed by atoms with Gasteiger partial charge in [0.15, 0.2) is 0 Å². The van der Waals surface area contributed by atoms with Crippen molar-refractivity contribution in [2.45, 2.75) is 0 Å². The summed E-state index contributed by atoms with van der Waals surface area (Å²) in [5.74, 6) is -1.61. The van der Waals surface area contributed by atoms with E-state index in [-0.39, 0.29) is 22.3 Å². The summed E-state index contributed by atoms with van der Waals surface area (Å²) in [6.45, 7) is 0. The number of imide groups is 1. The number of rotatable bonds is 4. The molecule has 5 rings (SSSR count). The molecule has 4 aromatic carbocycles. The van der Waals surface area contributed by atoms with E-state index in [1.807, 2.05) is 0 Å². The Hall–Kier alpha value is -5.17. The minimum absolute atomic E-state index is 0.0472. The van der Waals surface area contributed by atoms with E-state index >= 15 is 0 Å². The van der Waals surface area contributed by atoms with Gasteiger partial charge >= 0.3 is 0 Å². The van der Waals surface area contributed by atoms with Crippen LogP contribution < -0.4 is 10.3 Å². The van der Waals surface area contributed by atoms with Crippen LogP contribution in [0, 0.1) is 0 Å². The summed E-state index contributed by atoms with van der Waals surface area (Å²) in [5, 5.41) is 19.7. The van der Waals surface area contributed by atoms with Crippen LogP contribution in [0.4, 0.5) is 5.69 Å². The van der Waals surface area contributed by atoms with Gasteiger partial charge in [0.05, 0.1) is 11.3 Å². The first-order valence-corrected chi connectivity index (χ1v) is 11.0. The number of anilines is 1. The maximum atomic E-state index is 13.4. The van der Waals surface area contributed by atoms with Gasteiger partial charge in [0.25, 0.3) is 11.8 Å². The van der Waals surface area contributed by atoms with Crippen LogP contribution in [0.1, 0.15) is 20.7 Å². The van der Waals surface area contributed by atoms with E-state index in [1.54, 1.807) is 84.9 Å². The van der Waals surface area contributed by atoms with Gasteiger partial charge in [0.1, 0.15) is 28.7 Å². The van der Waals surface area contributed by atoms with Crippen molar-refractivity contribution in [1.82, 2.24) is 0 Å². The molecule has 2 amide bonds.